The summed E-state index contributed by atoms with van der Waals surface area (Å²) in [7, 11) is 3.33. The first-order chi connectivity index (χ1) is 11.0. The number of pyridine rings is 1. The Morgan fingerprint density at radius 2 is 1.87 bits per heavy atom. The highest BCUT2D eigenvalue weighted by molar-refractivity contribution is 6.29. The van der Waals surface area contributed by atoms with Gasteiger partial charge < -0.3 is 10.2 Å². The lowest BCUT2D eigenvalue weighted by molar-refractivity contribution is -0.130. The first kappa shape index (κ1) is 17.0. The predicted molar refractivity (Wildman–Crippen MR) is 89.3 cm³/mol. The van der Waals surface area contributed by atoms with Gasteiger partial charge in [-0.05, 0) is 17.7 Å². The number of carbonyl (C=O) groups is 2. The van der Waals surface area contributed by atoms with Gasteiger partial charge in [0.15, 0.2) is 0 Å². The molecule has 120 valence electrons. The van der Waals surface area contributed by atoms with Gasteiger partial charge in [0.25, 0.3) is 5.91 Å². The molecule has 0 aliphatic carbocycles. The Balaban J connectivity index is 2.15. The molecular formula is C17H18ClN3O2. The summed E-state index contributed by atoms with van der Waals surface area (Å²) in [5, 5.41) is 3.08. The molecule has 0 saturated carbocycles. The summed E-state index contributed by atoms with van der Waals surface area (Å²) in [6.45, 7) is 0. The summed E-state index contributed by atoms with van der Waals surface area (Å²) in [6.07, 6.45) is 1.81. The van der Waals surface area contributed by atoms with Crippen molar-refractivity contribution in [1.29, 1.82) is 0 Å². The van der Waals surface area contributed by atoms with Crippen LogP contribution in [0.1, 0.15) is 15.9 Å². The summed E-state index contributed by atoms with van der Waals surface area (Å²) in [5.74, 6) is -0.519. The van der Waals surface area contributed by atoms with Crippen molar-refractivity contribution in [3.8, 4) is 0 Å². The van der Waals surface area contributed by atoms with Gasteiger partial charge in [0.1, 0.15) is 11.2 Å². The van der Waals surface area contributed by atoms with Crippen molar-refractivity contribution in [3.05, 3.63) is 64.9 Å². The van der Waals surface area contributed by atoms with E-state index >= 15 is 0 Å². The molecule has 5 nitrogen and oxygen atoms in total. The molecule has 1 aromatic heterocycles. The number of hydrogen-bond donors (Lipinski definition) is 1. The van der Waals surface area contributed by atoms with Crippen molar-refractivity contribution in [2.45, 2.75) is 12.5 Å². The molecule has 1 atom stereocenters. The van der Waals surface area contributed by atoms with Gasteiger partial charge in [0.05, 0.1) is 5.56 Å². The molecule has 2 aromatic rings. The summed E-state index contributed by atoms with van der Waals surface area (Å²) in [4.78, 5) is 30.0. The van der Waals surface area contributed by atoms with E-state index < -0.39 is 6.04 Å². The second-order valence-electron chi connectivity index (χ2n) is 5.32. The molecule has 2 rings (SSSR count). The van der Waals surface area contributed by atoms with Crippen molar-refractivity contribution in [3.63, 3.8) is 0 Å². The van der Waals surface area contributed by atoms with Crippen LogP contribution in [-0.4, -0.2) is 41.8 Å². The lowest BCUT2D eigenvalue weighted by Crippen LogP contribution is -2.47. The number of hydrogen-bond acceptors (Lipinski definition) is 3. The van der Waals surface area contributed by atoms with Gasteiger partial charge >= 0.3 is 0 Å². The van der Waals surface area contributed by atoms with E-state index in [0.29, 0.717) is 17.1 Å². The van der Waals surface area contributed by atoms with Gasteiger partial charge in [0, 0.05) is 26.7 Å². The van der Waals surface area contributed by atoms with E-state index in [1.54, 1.807) is 20.2 Å². The van der Waals surface area contributed by atoms with Crippen molar-refractivity contribution in [2.75, 3.05) is 14.1 Å². The largest absolute Gasteiger partial charge is 0.347 e. The van der Waals surface area contributed by atoms with E-state index in [1.807, 2.05) is 30.3 Å². The smallest absolute Gasteiger partial charge is 0.253 e. The molecule has 1 N–H and O–H groups in total. The Morgan fingerprint density at radius 1 is 1.17 bits per heavy atom. The molecule has 0 bridgehead atoms. The highest BCUT2D eigenvalue weighted by Gasteiger charge is 2.23. The highest BCUT2D eigenvalue weighted by atomic mass is 35.5. The van der Waals surface area contributed by atoms with Crippen molar-refractivity contribution < 1.29 is 9.59 Å². The minimum Gasteiger partial charge on any atom is -0.347 e. The third kappa shape index (κ3) is 4.79. The fourth-order valence-electron chi connectivity index (χ4n) is 2.11. The van der Waals surface area contributed by atoms with Crippen LogP contribution in [-0.2, 0) is 11.2 Å². The number of carbonyl (C=O) groups excluding carboxylic acids is 2. The predicted octanol–water partition coefficient (Wildman–Crippen LogP) is 2.16. The average molecular weight is 332 g/mol. The highest BCUT2D eigenvalue weighted by Crippen LogP contribution is 2.08. The van der Waals surface area contributed by atoms with Crippen molar-refractivity contribution in [2.24, 2.45) is 0 Å². The Bertz CT molecular complexity index is 672. The van der Waals surface area contributed by atoms with Gasteiger partial charge in [-0.15, -0.1) is 0 Å². The zero-order valence-corrected chi connectivity index (χ0v) is 13.7. The Labute approximate surface area is 140 Å². The number of nitrogens with zero attached hydrogens (tertiary/aromatic N) is 2. The van der Waals surface area contributed by atoms with E-state index in [-0.39, 0.29) is 11.8 Å². The molecule has 23 heavy (non-hydrogen) atoms. The molecule has 6 heteroatoms. The number of rotatable bonds is 5. The molecule has 2 amide bonds. The van der Waals surface area contributed by atoms with Crippen LogP contribution in [0.15, 0.2) is 48.7 Å². The van der Waals surface area contributed by atoms with Crippen molar-refractivity contribution in [1.82, 2.24) is 15.2 Å². The van der Waals surface area contributed by atoms with E-state index in [1.165, 1.54) is 17.2 Å². The van der Waals surface area contributed by atoms with E-state index in [4.69, 9.17) is 11.6 Å². The second kappa shape index (κ2) is 7.74. The van der Waals surface area contributed by atoms with Crippen LogP contribution in [0, 0.1) is 0 Å². The fraction of sp³-hybridized carbons (Fsp3) is 0.235. The van der Waals surface area contributed by atoms with Gasteiger partial charge in [0.2, 0.25) is 5.91 Å². The molecule has 1 heterocycles. The standard InChI is InChI=1S/C17H18ClN3O2/c1-21(2)17(23)14(10-12-6-4-3-5-7-12)20-16(22)13-8-9-15(18)19-11-13/h3-9,11,14H,10H2,1-2H3,(H,20,22). The number of amides is 2. The van der Waals surface area contributed by atoms with E-state index in [2.05, 4.69) is 10.3 Å². The number of halogens is 1. The number of nitrogens with one attached hydrogen (secondary N) is 1. The molecule has 1 aromatic carbocycles. The average Bonchev–Trinajstić information content (AvgIpc) is 2.55. The monoisotopic (exact) mass is 331 g/mol. The lowest BCUT2D eigenvalue weighted by atomic mass is 10.0. The number of aromatic nitrogens is 1. The van der Waals surface area contributed by atoms with Gasteiger partial charge in [-0.25, -0.2) is 4.98 Å². The molecule has 0 fully saturated rings. The summed E-state index contributed by atoms with van der Waals surface area (Å²) in [5.41, 5.74) is 1.33. The molecular weight excluding hydrogens is 314 g/mol. The van der Waals surface area contributed by atoms with Gasteiger partial charge in [-0.1, -0.05) is 41.9 Å². The van der Waals surface area contributed by atoms with Crippen LogP contribution in [0.2, 0.25) is 5.15 Å². The van der Waals surface area contributed by atoms with Gasteiger partial charge in [-0.2, -0.15) is 0 Å². The SMILES string of the molecule is CN(C)C(=O)C(Cc1ccccc1)NC(=O)c1ccc(Cl)nc1. The third-order valence-corrected chi connectivity index (χ3v) is 3.54. The lowest BCUT2D eigenvalue weighted by Gasteiger charge is -2.22. The second-order valence-corrected chi connectivity index (χ2v) is 5.71. The van der Waals surface area contributed by atoms with Gasteiger partial charge in [-0.3, -0.25) is 9.59 Å². The fourth-order valence-corrected chi connectivity index (χ4v) is 2.23. The maximum absolute atomic E-state index is 12.3. The zero-order valence-electron chi connectivity index (χ0n) is 13.0. The van der Waals surface area contributed by atoms with Crippen LogP contribution in [0.3, 0.4) is 0 Å². The molecule has 1 unspecified atom stereocenters. The zero-order chi connectivity index (χ0) is 16.8. The van der Waals surface area contributed by atoms with Crippen LogP contribution in [0.25, 0.3) is 0 Å². The molecule has 0 radical (unpaired) electrons. The molecule has 0 saturated heterocycles. The quantitative estimate of drug-likeness (QED) is 0.854. The first-order valence-electron chi connectivity index (χ1n) is 7.15. The minimum atomic E-state index is -0.643. The van der Waals surface area contributed by atoms with Crippen LogP contribution in [0.4, 0.5) is 0 Å². The van der Waals surface area contributed by atoms with E-state index in [9.17, 15) is 9.59 Å². The summed E-state index contributed by atoms with van der Waals surface area (Å²) >= 11 is 5.72. The first-order valence-corrected chi connectivity index (χ1v) is 7.52. The normalized spacial score (nSPS) is 11.6. The van der Waals surface area contributed by atoms with Crippen molar-refractivity contribution >= 4 is 23.4 Å². The van der Waals surface area contributed by atoms with Crippen LogP contribution >= 0.6 is 11.6 Å². The molecule has 0 spiro atoms. The molecule has 0 aliphatic heterocycles. The maximum Gasteiger partial charge on any atom is 0.253 e. The Kier molecular flexibility index (Phi) is 5.71. The number of benzene rings is 1. The van der Waals surface area contributed by atoms with Crippen LogP contribution in [0.5, 0.6) is 0 Å². The summed E-state index contributed by atoms with van der Waals surface area (Å²) in [6, 6.07) is 12.0. The third-order valence-electron chi connectivity index (χ3n) is 3.32. The maximum atomic E-state index is 12.3. The molecule has 0 aliphatic rings. The Morgan fingerprint density at radius 3 is 2.43 bits per heavy atom. The van der Waals surface area contributed by atoms with Crippen LogP contribution < -0.4 is 5.32 Å². The Hall–Kier alpha value is -2.40. The number of likely N-dealkylation sites (N-methyl/N-ethyl adjacent to an activating group) is 1. The summed E-state index contributed by atoms with van der Waals surface area (Å²) < 4.78 is 0. The minimum absolute atomic E-state index is 0.163. The topological polar surface area (TPSA) is 62.3 Å². The van der Waals surface area contributed by atoms with E-state index in [0.717, 1.165) is 5.56 Å².